The van der Waals surface area contributed by atoms with Gasteiger partial charge in [-0.25, -0.2) is 0 Å². The van der Waals surface area contributed by atoms with Crippen molar-refractivity contribution in [3.63, 3.8) is 0 Å². The maximum atomic E-state index is 12.5. The minimum absolute atomic E-state index is 0.0201. The van der Waals surface area contributed by atoms with E-state index < -0.39 is 5.60 Å². The van der Waals surface area contributed by atoms with Gasteiger partial charge in [-0.05, 0) is 50.5 Å². The first-order valence-electron chi connectivity index (χ1n) is 9.36. The quantitative estimate of drug-likeness (QED) is 0.732. The third-order valence-corrected chi connectivity index (χ3v) is 4.87. The molecule has 1 saturated heterocycles. The Morgan fingerprint density at radius 2 is 1.85 bits per heavy atom. The molecule has 1 aromatic carbocycles. The van der Waals surface area contributed by atoms with Crippen molar-refractivity contribution in [2.45, 2.75) is 51.6 Å². The predicted octanol–water partition coefficient (Wildman–Crippen LogP) is 3.22. The Kier molecular flexibility index (Phi) is 7.45. The fraction of sp³-hybridized carbons (Fsp3) is 0.600. The molecule has 2 amide bonds. The number of methoxy groups -OCH3 is 1. The third kappa shape index (κ3) is 5.46. The lowest BCUT2D eigenvalue weighted by molar-refractivity contribution is -0.136. The van der Waals surface area contributed by atoms with Gasteiger partial charge in [0.1, 0.15) is 11.4 Å². The van der Waals surface area contributed by atoms with Crippen LogP contribution in [-0.2, 0) is 14.3 Å². The molecule has 0 aromatic heterocycles. The van der Waals surface area contributed by atoms with E-state index >= 15 is 0 Å². The van der Waals surface area contributed by atoms with Gasteiger partial charge in [-0.3, -0.25) is 9.59 Å². The maximum Gasteiger partial charge on any atom is 0.260 e. The number of unbranched alkanes of at least 4 members (excludes halogenated alkanes) is 1. The first-order valence-corrected chi connectivity index (χ1v) is 9.36. The topological polar surface area (TPSA) is 67.9 Å². The second-order valence-corrected chi connectivity index (χ2v) is 6.89. The van der Waals surface area contributed by atoms with Crippen molar-refractivity contribution in [2.24, 2.45) is 0 Å². The number of carbonyl (C=O) groups is 2. The van der Waals surface area contributed by atoms with Crippen LogP contribution in [-0.4, -0.2) is 49.1 Å². The van der Waals surface area contributed by atoms with Crippen molar-refractivity contribution in [2.75, 3.05) is 32.1 Å². The number of ether oxygens (including phenoxy) is 2. The SMILES string of the molecule is CCCCC(C)(OC)C(=O)Nc1ccc(OCC(=O)N2CCCC2)cc1. The molecule has 0 spiro atoms. The summed E-state index contributed by atoms with van der Waals surface area (Å²) in [6.07, 6.45) is 4.74. The smallest absolute Gasteiger partial charge is 0.260 e. The van der Waals surface area contributed by atoms with Gasteiger partial charge < -0.3 is 19.7 Å². The zero-order chi connectivity index (χ0) is 19.0. The third-order valence-electron chi connectivity index (χ3n) is 4.87. The molecule has 6 nitrogen and oxygen atoms in total. The van der Waals surface area contributed by atoms with Gasteiger partial charge in [0.15, 0.2) is 6.61 Å². The van der Waals surface area contributed by atoms with Gasteiger partial charge in [0.05, 0.1) is 0 Å². The molecule has 2 rings (SSSR count). The number of nitrogens with one attached hydrogen (secondary N) is 1. The number of likely N-dealkylation sites (tertiary alicyclic amines) is 1. The summed E-state index contributed by atoms with van der Waals surface area (Å²) in [6, 6.07) is 7.04. The molecule has 6 heteroatoms. The summed E-state index contributed by atoms with van der Waals surface area (Å²) in [5.74, 6) is 0.467. The van der Waals surface area contributed by atoms with Crippen LogP contribution < -0.4 is 10.1 Å². The van der Waals surface area contributed by atoms with E-state index in [0.29, 0.717) is 17.9 Å². The van der Waals surface area contributed by atoms with Gasteiger partial charge in [-0.2, -0.15) is 0 Å². The largest absolute Gasteiger partial charge is 0.484 e. The van der Waals surface area contributed by atoms with Gasteiger partial charge in [0, 0.05) is 25.9 Å². The standard InChI is InChI=1S/C20H30N2O4/c1-4-5-12-20(2,25-3)19(24)21-16-8-10-17(11-9-16)26-15-18(23)22-13-6-7-14-22/h8-11H,4-7,12-15H2,1-3H3,(H,21,24). The van der Waals surface area contributed by atoms with E-state index in [1.165, 1.54) is 0 Å². The first kappa shape index (κ1) is 20.2. The second-order valence-electron chi connectivity index (χ2n) is 6.89. The van der Waals surface area contributed by atoms with Crippen LogP contribution in [0.25, 0.3) is 0 Å². The molecule has 1 heterocycles. The predicted molar refractivity (Wildman–Crippen MR) is 101 cm³/mol. The number of amides is 2. The molecule has 26 heavy (non-hydrogen) atoms. The number of hydrogen-bond acceptors (Lipinski definition) is 4. The van der Waals surface area contributed by atoms with Gasteiger partial charge in [-0.1, -0.05) is 19.8 Å². The molecular weight excluding hydrogens is 332 g/mol. The van der Waals surface area contributed by atoms with Crippen molar-refractivity contribution in [1.82, 2.24) is 4.90 Å². The van der Waals surface area contributed by atoms with E-state index in [4.69, 9.17) is 9.47 Å². The Bertz CT molecular complexity index is 596. The number of anilines is 1. The molecule has 0 aliphatic carbocycles. The number of benzene rings is 1. The lowest BCUT2D eigenvalue weighted by Gasteiger charge is -2.26. The van der Waals surface area contributed by atoms with Gasteiger partial charge >= 0.3 is 0 Å². The fourth-order valence-electron chi connectivity index (χ4n) is 2.92. The van der Waals surface area contributed by atoms with Gasteiger partial charge in [-0.15, -0.1) is 0 Å². The molecule has 1 fully saturated rings. The summed E-state index contributed by atoms with van der Waals surface area (Å²) < 4.78 is 11.0. The lowest BCUT2D eigenvalue weighted by atomic mass is 9.97. The zero-order valence-corrected chi connectivity index (χ0v) is 16.0. The second kappa shape index (κ2) is 9.57. The Labute approximate surface area is 155 Å². The van der Waals surface area contributed by atoms with Crippen molar-refractivity contribution in [3.8, 4) is 5.75 Å². The average Bonchev–Trinajstić information content (AvgIpc) is 3.20. The molecule has 0 bridgehead atoms. The van der Waals surface area contributed by atoms with Crippen molar-refractivity contribution >= 4 is 17.5 Å². The highest BCUT2D eigenvalue weighted by atomic mass is 16.5. The van der Waals surface area contributed by atoms with E-state index in [-0.39, 0.29) is 18.4 Å². The molecule has 0 saturated carbocycles. The summed E-state index contributed by atoms with van der Waals surface area (Å²) in [6.45, 7) is 5.58. The lowest BCUT2D eigenvalue weighted by Crippen LogP contribution is -2.41. The van der Waals surface area contributed by atoms with E-state index in [1.54, 1.807) is 38.3 Å². The van der Waals surface area contributed by atoms with Crippen LogP contribution in [0.5, 0.6) is 5.75 Å². The number of rotatable bonds is 9. The van der Waals surface area contributed by atoms with Crippen molar-refractivity contribution in [1.29, 1.82) is 0 Å². The van der Waals surface area contributed by atoms with Crippen LogP contribution in [0.4, 0.5) is 5.69 Å². The minimum Gasteiger partial charge on any atom is -0.484 e. The van der Waals surface area contributed by atoms with Crippen LogP contribution in [0.15, 0.2) is 24.3 Å². The summed E-state index contributed by atoms with van der Waals surface area (Å²) in [5, 5.41) is 2.88. The van der Waals surface area contributed by atoms with Crippen molar-refractivity contribution in [3.05, 3.63) is 24.3 Å². The first-order chi connectivity index (χ1) is 12.5. The normalized spacial score (nSPS) is 16.2. The molecule has 1 aliphatic rings. The maximum absolute atomic E-state index is 12.5. The highest BCUT2D eigenvalue weighted by Crippen LogP contribution is 2.22. The van der Waals surface area contributed by atoms with Gasteiger partial charge in [0.2, 0.25) is 0 Å². The summed E-state index contributed by atoms with van der Waals surface area (Å²) in [4.78, 5) is 26.3. The number of hydrogen-bond donors (Lipinski definition) is 1. The van der Waals surface area contributed by atoms with Crippen LogP contribution in [0.1, 0.15) is 46.0 Å². The van der Waals surface area contributed by atoms with E-state index in [9.17, 15) is 9.59 Å². The van der Waals surface area contributed by atoms with Crippen LogP contribution in [0.3, 0.4) is 0 Å². The summed E-state index contributed by atoms with van der Waals surface area (Å²) >= 11 is 0. The van der Waals surface area contributed by atoms with E-state index in [2.05, 4.69) is 12.2 Å². The monoisotopic (exact) mass is 362 g/mol. The average molecular weight is 362 g/mol. The van der Waals surface area contributed by atoms with Crippen molar-refractivity contribution < 1.29 is 19.1 Å². The van der Waals surface area contributed by atoms with Crippen LogP contribution in [0.2, 0.25) is 0 Å². The molecule has 1 aliphatic heterocycles. The Morgan fingerprint density at radius 3 is 2.42 bits per heavy atom. The van der Waals surface area contributed by atoms with E-state index in [1.807, 2.05) is 4.90 Å². The molecule has 144 valence electrons. The molecule has 1 aromatic rings. The summed E-state index contributed by atoms with van der Waals surface area (Å²) in [5.41, 5.74) is -0.166. The van der Waals surface area contributed by atoms with Gasteiger partial charge in [0.25, 0.3) is 11.8 Å². The molecule has 1 atom stereocenters. The Hall–Kier alpha value is -2.08. The Balaban J connectivity index is 1.86. The number of carbonyl (C=O) groups excluding carboxylic acids is 2. The van der Waals surface area contributed by atoms with Crippen LogP contribution in [0, 0.1) is 0 Å². The highest BCUT2D eigenvalue weighted by Gasteiger charge is 2.32. The molecule has 1 unspecified atom stereocenters. The molecule has 1 N–H and O–H groups in total. The fourth-order valence-corrected chi connectivity index (χ4v) is 2.92. The van der Waals surface area contributed by atoms with Crippen LogP contribution >= 0.6 is 0 Å². The summed E-state index contributed by atoms with van der Waals surface area (Å²) in [7, 11) is 1.56. The minimum atomic E-state index is -0.840. The Morgan fingerprint density at radius 1 is 1.19 bits per heavy atom. The molecular formula is C20H30N2O4. The number of nitrogens with zero attached hydrogens (tertiary/aromatic N) is 1. The van der Waals surface area contributed by atoms with E-state index in [0.717, 1.165) is 38.8 Å². The zero-order valence-electron chi connectivity index (χ0n) is 16.0. The highest BCUT2D eigenvalue weighted by molar-refractivity contribution is 5.97. The molecule has 0 radical (unpaired) electrons.